The van der Waals surface area contributed by atoms with E-state index in [1.165, 1.54) is 6.07 Å². The summed E-state index contributed by atoms with van der Waals surface area (Å²) in [6, 6.07) is 3.93. The van der Waals surface area contributed by atoms with Crippen LogP contribution in [0.1, 0.15) is 5.56 Å². The molecule has 0 fully saturated rings. The second-order valence-electron chi connectivity index (χ2n) is 5.84. The van der Waals surface area contributed by atoms with E-state index in [-0.39, 0.29) is 34.3 Å². The van der Waals surface area contributed by atoms with Crippen molar-refractivity contribution in [2.24, 2.45) is 0 Å². The Morgan fingerprint density at radius 2 is 1.96 bits per heavy atom. The number of rotatable bonds is 4. The summed E-state index contributed by atoms with van der Waals surface area (Å²) in [6.45, 7) is -0.294. The highest BCUT2D eigenvalue weighted by Gasteiger charge is 2.45. The van der Waals surface area contributed by atoms with Crippen LogP contribution in [0.15, 0.2) is 29.2 Å². The van der Waals surface area contributed by atoms with E-state index in [2.05, 4.69) is 0 Å². The number of alkyl halides is 4. The predicted molar refractivity (Wildman–Crippen MR) is 93.8 cm³/mol. The van der Waals surface area contributed by atoms with E-state index in [0.29, 0.717) is 10.5 Å². The highest BCUT2D eigenvalue weighted by Crippen LogP contribution is 2.41. The van der Waals surface area contributed by atoms with Gasteiger partial charge < -0.3 is 4.90 Å². The quantitative estimate of drug-likeness (QED) is 0.342. The zero-order valence-corrected chi connectivity index (χ0v) is 15.4. The lowest BCUT2D eigenvalue weighted by molar-refractivity contribution is -0.383. The fourth-order valence-electron chi connectivity index (χ4n) is 3.12. The van der Waals surface area contributed by atoms with Crippen LogP contribution in [-0.2, 0) is 21.2 Å². The van der Waals surface area contributed by atoms with Crippen molar-refractivity contribution in [1.29, 1.82) is 0 Å². The number of nitrogens with one attached hydrogen (secondary N) is 1. The van der Waals surface area contributed by atoms with Gasteiger partial charge in [-0.2, -0.15) is 17.9 Å². The van der Waals surface area contributed by atoms with Crippen LogP contribution in [0, 0.1) is 10.1 Å². The molecule has 8 nitrogen and oxygen atoms in total. The summed E-state index contributed by atoms with van der Waals surface area (Å²) < 4.78 is 64.7. The van der Waals surface area contributed by atoms with Gasteiger partial charge in [0, 0.05) is 12.6 Å². The molecule has 0 atom stereocenters. The number of nitrogens with zero attached hydrogens (tertiary/aromatic N) is 2. The molecule has 3 rings (SSSR count). The normalized spacial score (nSPS) is 14.4. The number of sulfonamides is 1. The third-order valence-electron chi connectivity index (χ3n) is 4.29. The number of anilines is 1. The van der Waals surface area contributed by atoms with Crippen LogP contribution in [-0.4, -0.2) is 38.0 Å². The topological polar surface area (TPSA) is 110 Å². The summed E-state index contributed by atoms with van der Waals surface area (Å²) in [5, 5.41) is 11.6. The van der Waals surface area contributed by atoms with Crippen LogP contribution in [0.2, 0.25) is 0 Å². The Labute approximate surface area is 161 Å². The summed E-state index contributed by atoms with van der Waals surface area (Å²) in [7, 11) is -4.02. The number of nitro benzene ring substituents is 1. The molecule has 0 radical (unpaired) electrons. The van der Waals surface area contributed by atoms with Crippen molar-refractivity contribution in [2.45, 2.75) is 17.5 Å². The van der Waals surface area contributed by atoms with E-state index in [4.69, 9.17) is 11.6 Å². The maximum Gasteiger partial charge on any atom is 0.471 e. The summed E-state index contributed by atoms with van der Waals surface area (Å²) >= 11 is 5.37. The molecule has 0 spiro atoms. The SMILES string of the molecule is O=C(N1CCc2c1cc([N+](=O)[O-])c1cc(S(=O)(=O)NCCl)ccc21)C(F)(F)F. The Kier molecular flexibility index (Phi) is 4.98. The largest absolute Gasteiger partial charge is 0.471 e. The van der Waals surface area contributed by atoms with Crippen LogP contribution in [0.4, 0.5) is 24.5 Å². The van der Waals surface area contributed by atoms with Crippen LogP contribution >= 0.6 is 11.6 Å². The minimum absolute atomic E-state index is 0.0394. The molecule has 0 unspecified atom stereocenters. The molecule has 13 heteroatoms. The van der Waals surface area contributed by atoms with Crippen LogP contribution in [0.5, 0.6) is 0 Å². The van der Waals surface area contributed by atoms with Crippen LogP contribution < -0.4 is 9.62 Å². The van der Waals surface area contributed by atoms with Crippen molar-refractivity contribution in [2.75, 3.05) is 17.4 Å². The first-order chi connectivity index (χ1) is 13.0. The molecule has 0 aromatic heterocycles. The van der Waals surface area contributed by atoms with E-state index in [9.17, 15) is 36.5 Å². The molecule has 0 saturated carbocycles. The van der Waals surface area contributed by atoms with Gasteiger partial charge in [0.2, 0.25) is 10.0 Å². The summed E-state index contributed by atoms with van der Waals surface area (Å²) in [5.74, 6) is -2.12. The number of non-ortho nitro benzene ring substituents is 1. The lowest BCUT2D eigenvalue weighted by Gasteiger charge is -2.19. The first-order valence-electron chi connectivity index (χ1n) is 7.65. The van der Waals surface area contributed by atoms with Gasteiger partial charge >= 0.3 is 12.1 Å². The number of benzene rings is 2. The molecule has 28 heavy (non-hydrogen) atoms. The van der Waals surface area contributed by atoms with Gasteiger partial charge in [0.1, 0.15) is 0 Å². The summed E-state index contributed by atoms with van der Waals surface area (Å²) in [6.07, 6.45) is -5.09. The number of nitro groups is 1. The van der Waals surface area contributed by atoms with Gasteiger partial charge in [0.15, 0.2) is 0 Å². The van der Waals surface area contributed by atoms with Crippen LogP contribution in [0.25, 0.3) is 10.8 Å². The average Bonchev–Trinajstić information content (AvgIpc) is 3.02. The van der Waals surface area contributed by atoms with E-state index in [0.717, 1.165) is 18.2 Å². The predicted octanol–water partition coefficient (Wildman–Crippen LogP) is 2.67. The molecule has 1 aliphatic heterocycles. The second kappa shape index (κ2) is 6.87. The van der Waals surface area contributed by atoms with Gasteiger partial charge in [-0.15, -0.1) is 11.6 Å². The number of carbonyl (C=O) groups excluding carboxylic acids is 1. The van der Waals surface area contributed by atoms with Crippen molar-refractivity contribution < 1.29 is 31.3 Å². The Balaban J connectivity index is 2.25. The van der Waals surface area contributed by atoms with Gasteiger partial charge in [-0.3, -0.25) is 14.9 Å². The third kappa shape index (κ3) is 3.38. The molecular weight excluding hydrogens is 427 g/mol. The van der Waals surface area contributed by atoms with Crippen molar-refractivity contribution >= 4 is 49.7 Å². The lowest BCUT2D eigenvalue weighted by atomic mass is 10.0. The number of amides is 1. The number of fused-ring (bicyclic) bond motifs is 3. The van der Waals surface area contributed by atoms with E-state index in [1.807, 2.05) is 4.72 Å². The van der Waals surface area contributed by atoms with Gasteiger partial charge in [0.25, 0.3) is 5.69 Å². The standard InChI is InChI=1S/C15H11ClF3N3O5S/c16-7-20-28(26,27)8-1-2-9-10-3-4-21(14(23)15(17,18)19)12(10)6-13(22(24)25)11(9)5-8/h1-2,5-6,20H,3-4,7H2. The van der Waals surface area contributed by atoms with E-state index in [1.54, 1.807) is 0 Å². The number of carbonyl (C=O) groups is 1. The van der Waals surface area contributed by atoms with Crippen molar-refractivity contribution in [3.05, 3.63) is 39.9 Å². The number of hydrogen-bond acceptors (Lipinski definition) is 5. The average molecular weight is 438 g/mol. The molecule has 0 bridgehead atoms. The highest BCUT2D eigenvalue weighted by molar-refractivity contribution is 7.89. The van der Waals surface area contributed by atoms with Gasteiger partial charge in [-0.1, -0.05) is 6.07 Å². The highest BCUT2D eigenvalue weighted by atomic mass is 35.5. The molecule has 2 aromatic rings. The Morgan fingerprint density at radius 3 is 2.54 bits per heavy atom. The van der Waals surface area contributed by atoms with Gasteiger partial charge in [-0.25, -0.2) is 8.42 Å². The molecule has 1 amide bonds. The lowest BCUT2D eigenvalue weighted by Crippen LogP contribution is -2.40. The van der Waals surface area contributed by atoms with Crippen molar-refractivity contribution in [3.8, 4) is 0 Å². The second-order valence-corrected chi connectivity index (χ2v) is 7.88. The smallest absolute Gasteiger partial charge is 0.304 e. The molecule has 1 N–H and O–H groups in total. The molecule has 0 saturated heterocycles. The molecular formula is C15H11ClF3N3O5S. The minimum atomic E-state index is -5.13. The van der Waals surface area contributed by atoms with Crippen molar-refractivity contribution in [3.63, 3.8) is 0 Å². The van der Waals surface area contributed by atoms with Crippen molar-refractivity contribution in [1.82, 2.24) is 4.72 Å². The summed E-state index contributed by atoms with van der Waals surface area (Å²) in [4.78, 5) is 22.4. The first-order valence-corrected chi connectivity index (χ1v) is 9.67. The zero-order chi connectivity index (χ0) is 20.9. The fourth-order valence-corrected chi connectivity index (χ4v) is 4.38. The Bertz CT molecular complexity index is 1100. The maximum atomic E-state index is 12.8. The Morgan fingerprint density at radius 1 is 1.29 bits per heavy atom. The van der Waals surface area contributed by atoms with Gasteiger partial charge in [-0.05, 0) is 29.5 Å². The molecule has 1 aliphatic rings. The Hall–Kier alpha value is -2.44. The molecule has 0 aliphatic carbocycles. The van der Waals surface area contributed by atoms with E-state index >= 15 is 0 Å². The third-order valence-corrected chi connectivity index (χ3v) is 5.98. The maximum absolute atomic E-state index is 12.8. The molecule has 2 aromatic carbocycles. The zero-order valence-electron chi connectivity index (χ0n) is 13.8. The van der Waals surface area contributed by atoms with Gasteiger partial charge in [0.05, 0.1) is 26.9 Å². The number of hydrogen-bond donors (Lipinski definition) is 1. The minimum Gasteiger partial charge on any atom is -0.304 e. The number of halogens is 4. The molecule has 150 valence electrons. The molecule has 1 heterocycles. The fraction of sp³-hybridized carbons (Fsp3) is 0.267. The first kappa shape index (κ1) is 20.3. The van der Waals surface area contributed by atoms with E-state index < -0.39 is 38.7 Å². The van der Waals surface area contributed by atoms with Crippen LogP contribution in [0.3, 0.4) is 0 Å². The monoisotopic (exact) mass is 437 g/mol. The summed E-state index contributed by atoms with van der Waals surface area (Å²) in [5.41, 5.74) is -0.526.